The molecule has 0 saturated carbocycles. The van der Waals surface area contributed by atoms with E-state index >= 15 is 0 Å². The Morgan fingerprint density at radius 2 is 1.63 bits per heavy atom. The van der Waals surface area contributed by atoms with E-state index in [4.69, 9.17) is 9.84 Å². The van der Waals surface area contributed by atoms with Gasteiger partial charge in [0, 0.05) is 0 Å². The first-order valence-corrected chi connectivity index (χ1v) is 6.07. The number of carbonyl (C=O) groups is 1. The van der Waals surface area contributed by atoms with Crippen molar-refractivity contribution in [1.29, 1.82) is 0 Å². The summed E-state index contributed by atoms with van der Waals surface area (Å²) in [6, 6.07) is 11.7. The minimum atomic E-state index is -1.29. The molecule has 1 N–H and O–H groups in total. The molecule has 2 rings (SSSR count). The molecule has 19 heavy (non-hydrogen) atoms. The highest BCUT2D eigenvalue weighted by Gasteiger charge is 2.12. The minimum absolute atomic E-state index is 0.391. The molecule has 0 heterocycles. The maximum atomic E-state index is 10.6. The van der Waals surface area contributed by atoms with Crippen LogP contribution < -0.4 is 4.74 Å². The van der Waals surface area contributed by atoms with Crippen LogP contribution in [0.3, 0.4) is 0 Å². The van der Waals surface area contributed by atoms with Gasteiger partial charge >= 0.3 is 6.16 Å². The van der Waals surface area contributed by atoms with Crippen molar-refractivity contribution in [3.63, 3.8) is 0 Å². The monoisotopic (exact) mass is 256 g/mol. The molecule has 0 amide bonds. The highest BCUT2D eigenvalue weighted by Crippen LogP contribution is 2.32. The van der Waals surface area contributed by atoms with Gasteiger partial charge < -0.3 is 9.84 Å². The smallest absolute Gasteiger partial charge is 0.449 e. The lowest BCUT2D eigenvalue weighted by Gasteiger charge is -2.14. The molecule has 0 atom stereocenters. The lowest BCUT2D eigenvalue weighted by Crippen LogP contribution is -2.05. The van der Waals surface area contributed by atoms with Gasteiger partial charge in [-0.2, -0.15) is 0 Å². The Morgan fingerprint density at radius 3 is 2.26 bits per heavy atom. The molecule has 0 saturated heterocycles. The molecule has 0 aromatic heterocycles. The van der Waals surface area contributed by atoms with Gasteiger partial charge in [0.05, 0.1) is 0 Å². The van der Waals surface area contributed by atoms with Crippen LogP contribution in [0.2, 0.25) is 0 Å². The lowest BCUT2D eigenvalue weighted by atomic mass is 9.94. The van der Waals surface area contributed by atoms with E-state index in [1.165, 1.54) is 5.56 Å². The molecule has 3 heteroatoms. The molecule has 0 aliphatic rings. The quantitative estimate of drug-likeness (QED) is 0.642. The summed E-state index contributed by atoms with van der Waals surface area (Å²) in [5.74, 6) is 0.391. The summed E-state index contributed by atoms with van der Waals surface area (Å²) in [5.41, 5.74) is 5.34. The van der Waals surface area contributed by atoms with Crippen LogP contribution in [0.1, 0.15) is 16.7 Å². The van der Waals surface area contributed by atoms with Crippen LogP contribution in [0.4, 0.5) is 4.79 Å². The zero-order chi connectivity index (χ0) is 14.0. The van der Waals surface area contributed by atoms with Crippen LogP contribution >= 0.6 is 0 Å². The van der Waals surface area contributed by atoms with E-state index in [1.54, 1.807) is 6.07 Å². The Hall–Kier alpha value is -2.29. The molecule has 3 nitrogen and oxygen atoms in total. The Balaban J connectivity index is 2.53. The topological polar surface area (TPSA) is 46.5 Å². The van der Waals surface area contributed by atoms with Gasteiger partial charge in [0.15, 0.2) is 0 Å². The minimum Gasteiger partial charge on any atom is -0.449 e. The maximum absolute atomic E-state index is 10.6. The molecule has 2 aromatic carbocycles. The lowest BCUT2D eigenvalue weighted by molar-refractivity contribution is 0.144. The number of rotatable bonds is 2. The summed E-state index contributed by atoms with van der Waals surface area (Å²) >= 11 is 0. The van der Waals surface area contributed by atoms with E-state index in [9.17, 15) is 4.79 Å². The van der Waals surface area contributed by atoms with Crippen LogP contribution in [0.15, 0.2) is 36.4 Å². The fraction of sp³-hybridized carbons (Fsp3) is 0.188. The number of carboxylic acid groups (broad SMARTS) is 1. The van der Waals surface area contributed by atoms with E-state index in [0.29, 0.717) is 5.75 Å². The summed E-state index contributed by atoms with van der Waals surface area (Å²) in [5, 5.41) is 8.69. The van der Waals surface area contributed by atoms with Gasteiger partial charge in [0.1, 0.15) is 5.75 Å². The Kier molecular flexibility index (Phi) is 3.56. The van der Waals surface area contributed by atoms with Crippen molar-refractivity contribution >= 4 is 6.16 Å². The predicted octanol–water partition coefficient (Wildman–Crippen LogP) is 4.34. The van der Waals surface area contributed by atoms with Gasteiger partial charge in [-0.05, 0) is 54.7 Å². The van der Waals surface area contributed by atoms with Crippen LogP contribution in [0.5, 0.6) is 5.75 Å². The number of benzene rings is 2. The summed E-state index contributed by atoms with van der Waals surface area (Å²) in [4.78, 5) is 10.6. The zero-order valence-corrected chi connectivity index (χ0v) is 11.2. The average molecular weight is 256 g/mol. The van der Waals surface area contributed by atoms with Crippen molar-refractivity contribution in [3.05, 3.63) is 53.1 Å². The van der Waals surface area contributed by atoms with Crippen molar-refractivity contribution in [1.82, 2.24) is 0 Å². The van der Waals surface area contributed by atoms with Gasteiger partial charge in [0.25, 0.3) is 0 Å². The zero-order valence-electron chi connectivity index (χ0n) is 11.2. The van der Waals surface area contributed by atoms with Crippen LogP contribution in [0.25, 0.3) is 11.1 Å². The summed E-state index contributed by atoms with van der Waals surface area (Å²) < 4.78 is 4.76. The van der Waals surface area contributed by atoms with Crippen molar-refractivity contribution in [3.8, 4) is 16.9 Å². The second kappa shape index (κ2) is 5.14. The third-order valence-electron chi connectivity index (χ3n) is 3.37. The van der Waals surface area contributed by atoms with E-state index in [2.05, 4.69) is 19.1 Å². The van der Waals surface area contributed by atoms with E-state index in [-0.39, 0.29) is 0 Å². The van der Waals surface area contributed by atoms with Crippen LogP contribution in [-0.2, 0) is 0 Å². The maximum Gasteiger partial charge on any atom is 0.511 e. The van der Waals surface area contributed by atoms with E-state index in [0.717, 1.165) is 22.3 Å². The molecule has 98 valence electrons. The SMILES string of the molecule is Cc1ccccc1-c1ccc(OC(=O)O)c(C)c1C. The van der Waals surface area contributed by atoms with Gasteiger partial charge in [-0.15, -0.1) is 0 Å². The van der Waals surface area contributed by atoms with Crippen LogP contribution in [-0.4, -0.2) is 11.3 Å². The molecule has 0 spiro atoms. The van der Waals surface area contributed by atoms with Crippen LogP contribution in [0, 0.1) is 20.8 Å². The molecular weight excluding hydrogens is 240 g/mol. The number of hydrogen-bond donors (Lipinski definition) is 1. The molecule has 0 radical (unpaired) electrons. The molecule has 0 fully saturated rings. The van der Waals surface area contributed by atoms with Gasteiger partial charge in [-0.3, -0.25) is 0 Å². The van der Waals surface area contributed by atoms with Crippen molar-refractivity contribution in [2.75, 3.05) is 0 Å². The number of aryl methyl sites for hydroxylation is 1. The second-order valence-corrected chi connectivity index (χ2v) is 4.54. The fourth-order valence-electron chi connectivity index (χ4n) is 2.17. The molecule has 2 aromatic rings. The average Bonchev–Trinajstić information content (AvgIpc) is 2.36. The van der Waals surface area contributed by atoms with Crippen molar-refractivity contribution in [2.24, 2.45) is 0 Å². The molecule has 0 aliphatic carbocycles. The van der Waals surface area contributed by atoms with Gasteiger partial charge in [-0.1, -0.05) is 30.3 Å². The predicted molar refractivity (Wildman–Crippen MR) is 74.7 cm³/mol. The Labute approximate surface area is 112 Å². The number of hydrogen-bond acceptors (Lipinski definition) is 2. The summed E-state index contributed by atoms with van der Waals surface area (Å²) in [7, 11) is 0. The summed E-state index contributed by atoms with van der Waals surface area (Å²) in [6.07, 6.45) is -1.29. The third kappa shape index (κ3) is 2.60. The van der Waals surface area contributed by atoms with Gasteiger partial charge in [-0.25, -0.2) is 4.79 Å². The first kappa shape index (κ1) is 13.1. The molecule has 0 aliphatic heterocycles. The Morgan fingerprint density at radius 1 is 0.947 bits per heavy atom. The standard InChI is InChI=1S/C16H16O3/c1-10-6-4-5-7-13(10)14-8-9-15(19-16(17)18)12(3)11(14)2/h4-9H,1-3H3,(H,17,18). The highest BCUT2D eigenvalue weighted by molar-refractivity contribution is 5.73. The van der Waals surface area contributed by atoms with E-state index < -0.39 is 6.16 Å². The van der Waals surface area contributed by atoms with Crippen molar-refractivity contribution in [2.45, 2.75) is 20.8 Å². The Bertz CT molecular complexity index is 630. The summed E-state index contributed by atoms with van der Waals surface area (Å²) in [6.45, 7) is 5.91. The van der Waals surface area contributed by atoms with E-state index in [1.807, 2.05) is 32.0 Å². The highest BCUT2D eigenvalue weighted by atomic mass is 16.7. The van der Waals surface area contributed by atoms with Crippen molar-refractivity contribution < 1.29 is 14.6 Å². The first-order valence-electron chi connectivity index (χ1n) is 6.07. The second-order valence-electron chi connectivity index (χ2n) is 4.54. The normalized spacial score (nSPS) is 10.3. The fourth-order valence-corrected chi connectivity index (χ4v) is 2.17. The molecule has 0 bridgehead atoms. The molecule has 0 unspecified atom stereocenters. The largest absolute Gasteiger partial charge is 0.511 e. The molecular formula is C16H16O3. The number of ether oxygens (including phenoxy) is 1. The van der Waals surface area contributed by atoms with Gasteiger partial charge in [0.2, 0.25) is 0 Å². The third-order valence-corrected chi connectivity index (χ3v) is 3.37. The first-order chi connectivity index (χ1) is 9.00.